The van der Waals surface area contributed by atoms with E-state index in [-0.39, 0.29) is 5.82 Å². The van der Waals surface area contributed by atoms with Crippen LogP contribution in [0, 0.1) is 5.82 Å². The molecule has 0 aliphatic carbocycles. The number of rotatable bonds is 4. The number of halogens is 2. The molecule has 2 aromatic rings. The van der Waals surface area contributed by atoms with Crippen molar-refractivity contribution in [2.45, 2.75) is 13.5 Å². The van der Waals surface area contributed by atoms with Crippen LogP contribution in [-0.4, -0.2) is 11.7 Å². The molecule has 0 spiro atoms. The molecular weight excluding hydrogens is 287 g/mol. The maximum atomic E-state index is 13.0. The van der Waals surface area contributed by atoms with E-state index in [1.807, 2.05) is 6.92 Å². The average molecular weight is 299 g/mol. The Hall–Kier alpha value is -1.20. The summed E-state index contributed by atoms with van der Waals surface area (Å²) in [6, 6.07) is 4.49. The Morgan fingerprint density at radius 2 is 2.29 bits per heavy atom. The van der Waals surface area contributed by atoms with Crippen LogP contribution in [-0.2, 0) is 6.54 Å². The molecule has 0 saturated heterocycles. The van der Waals surface area contributed by atoms with Gasteiger partial charge in [0.15, 0.2) is 5.76 Å². The monoisotopic (exact) mass is 298 g/mol. The van der Waals surface area contributed by atoms with Crippen LogP contribution in [0.5, 0.6) is 0 Å². The zero-order chi connectivity index (χ0) is 12.3. The summed E-state index contributed by atoms with van der Waals surface area (Å²) in [5, 5.41) is 6.99. The lowest BCUT2D eigenvalue weighted by Gasteiger charge is -2.04. The maximum Gasteiger partial charge on any atom is 0.172 e. The third kappa shape index (κ3) is 2.73. The van der Waals surface area contributed by atoms with E-state index in [0.717, 1.165) is 17.7 Å². The third-order valence-corrected chi connectivity index (χ3v) is 3.04. The number of hydrogen-bond acceptors (Lipinski definition) is 3. The van der Waals surface area contributed by atoms with Crippen molar-refractivity contribution in [3.05, 3.63) is 40.2 Å². The maximum absolute atomic E-state index is 13.0. The fraction of sp³-hybridized carbons (Fsp3) is 0.250. The molecule has 1 aromatic carbocycles. The summed E-state index contributed by atoms with van der Waals surface area (Å²) in [6.45, 7) is 3.58. The Morgan fingerprint density at radius 3 is 3.00 bits per heavy atom. The molecule has 1 aromatic heterocycles. The first-order chi connectivity index (χ1) is 8.22. The highest BCUT2D eigenvalue weighted by molar-refractivity contribution is 9.10. The topological polar surface area (TPSA) is 38.1 Å². The van der Waals surface area contributed by atoms with E-state index >= 15 is 0 Å². The van der Waals surface area contributed by atoms with E-state index < -0.39 is 0 Å². The lowest BCUT2D eigenvalue weighted by atomic mass is 10.1. The lowest BCUT2D eigenvalue weighted by Crippen LogP contribution is -2.11. The Bertz CT molecular complexity index is 513. The Labute approximate surface area is 107 Å². The van der Waals surface area contributed by atoms with Gasteiger partial charge in [-0.1, -0.05) is 12.1 Å². The molecule has 0 radical (unpaired) electrons. The second-order valence-electron chi connectivity index (χ2n) is 3.58. The second-order valence-corrected chi connectivity index (χ2v) is 4.44. The highest BCUT2D eigenvalue weighted by atomic mass is 79.9. The van der Waals surface area contributed by atoms with Gasteiger partial charge in [-0.3, -0.25) is 0 Å². The molecule has 1 heterocycles. The minimum Gasteiger partial charge on any atom is -0.356 e. The van der Waals surface area contributed by atoms with Gasteiger partial charge in [0.05, 0.1) is 6.20 Å². The molecule has 90 valence electrons. The van der Waals surface area contributed by atoms with Crippen molar-refractivity contribution >= 4 is 15.9 Å². The van der Waals surface area contributed by atoms with Gasteiger partial charge in [-0.15, -0.1) is 0 Å². The number of nitrogens with zero attached hydrogens (tertiary/aromatic N) is 1. The molecule has 2 rings (SSSR count). The van der Waals surface area contributed by atoms with Gasteiger partial charge in [-0.05, 0) is 40.7 Å². The van der Waals surface area contributed by atoms with Crippen LogP contribution >= 0.6 is 15.9 Å². The lowest BCUT2D eigenvalue weighted by molar-refractivity contribution is 0.431. The summed E-state index contributed by atoms with van der Waals surface area (Å²) in [4.78, 5) is 0. The van der Waals surface area contributed by atoms with Crippen LogP contribution in [0.25, 0.3) is 11.3 Å². The minimum absolute atomic E-state index is 0.284. The van der Waals surface area contributed by atoms with E-state index in [0.29, 0.717) is 16.8 Å². The summed E-state index contributed by atoms with van der Waals surface area (Å²) in [5.41, 5.74) is 1.76. The SMILES string of the molecule is CCNCc1cnoc1-c1ccc(F)cc1Br. The fourth-order valence-electron chi connectivity index (χ4n) is 1.54. The predicted octanol–water partition coefficient (Wildman–Crippen LogP) is 3.35. The first-order valence-electron chi connectivity index (χ1n) is 5.32. The Kier molecular flexibility index (Phi) is 3.91. The molecule has 0 aliphatic rings. The zero-order valence-electron chi connectivity index (χ0n) is 9.34. The molecule has 0 saturated carbocycles. The van der Waals surface area contributed by atoms with Crippen LogP contribution in [0.15, 0.2) is 33.4 Å². The van der Waals surface area contributed by atoms with E-state index in [2.05, 4.69) is 26.4 Å². The quantitative estimate of drug-likeness (QED) is 0.941. The molecule has 1 N–H and O–H groups in total. The summed E-state index contributed by atoms with van der Waals surface area (Å²) < 4.78 is 18.9. The second kappa shape index (κ2) is 5.42. The van der Waals surface area contributed by atoms with Crippen LogP contribution in [0.3, 0.4) is 0 Å². The first kappa shape index (κ1) is 12.3. The Balaban J connectivity index is 2.35. The minimum atomic E-state index is -0.284. The predicted molar refractivity (Wildman–Crippen MR) is 67.0 cm³/mol. The van der Waals surface area contributed by atoms with Crippen molar-refractivity contribution in [3.8, 4) is 11.3 Å². The molecule has 0 unspecified atom stereocenters. The van der Waals surface area contributed by atoms with Gasteiger partial charge in [-0.2, -0.15) is 0 Å². The van der Waals surface area contributed by atoms with Gasteiger partial charge in [0, 0.05) is 22.1 Å². The van der Waals surface area contributed by atoms with Gasteiger partial charge in [-0.25, -0.2) is 4.39 Å². The molecule has 3 nitrogen and oxygen atoms in total. The average Bonchev–Trinajstić information content (AvgIpc) is 2.74. The molecule has 0 aliphatic heterocycles. The standard InChI is InChI=1S/C12H12BrFN2O/c1-2-15-6-8-7-16-17-12(8)10-4-3-9(14)5-11(10)13/h3-5,7,15H,2,6H2,1H3. The molecule has 0 bridgehead atoms. The highest BCUT2D eigenvalue weighted by Gasteiger charge is 2.13. The number of nitrogens with one attached hydrogen (secondary N) is 1. The van der Waals surface area contributed by atoms with Crippen molar-refractivity contribution in [2.75, 3.05) is 6.54 Å². The third-order valence-electron chi connectivity index (χ3n) is 2.39. The summed E-state index contributed by atoms with van der Waals surface area (Å²) in [6.07, 6.45) is 1.67. The zero-order valence-corrected chi connectivity index (χ0v) is 10.9. The van der Waals surface area contributed by atoms with Crippen LogP contribution in [0.1, 0.15) is 12.5 Å². The van der Waals surface area contributed by atoms with Gasteiger partial charge in [0.1, 0.15) is 5.82 Å². The molecule has 5 heteroatoms. The van der Waals surface area contributed by atoms with E-state index in [4.69, 9.17) is 4.52 Å². The molecule has 0 amide bonds. The molecule has 17 heavy (non-hydrogen) atoms. The van der Waals surface area contributed by atoms with Gasteiger partial charge < -0.3 is 9.84 Å². The van der Waals surface area contributed by atoms with Crippen molar-refractivity contribution in [1.82, 2.24) is 10.5 Å². The van der Waals surface area contributed by atoms with E-state index in [1.165, 1.54) is 12.1 Å². The molecule has 0 fully saturated rings. The first-order valence-corrected chi connectivity index (χ1v) is 6.11. The van der Waals surface area contributed by atoms with Crippen molar-refractivity contribution in [2.24, 2.45) is 0 Å². The van der Waals surface area contributed by atoms with Crippen LogP contribution in [0.4, 0.5) is 4.39 Å². The summed E-state index contributed by atoms with van der Waals surface area (Å²) in [5.74, 6) is 0.381. The van der Waals surface area contributed by atoms with Crippen molar-refractivity contribution in [1.29, 1.82) is 0 Å². The van der Waals surface area contributed by atoms with Gasteiger partial charge in [0.25, 0.3) is 0 Å². The number of aromatic nitrogens is 1. The highest BCUT2D eigenvalue weighted by Crippen LogP contribution is 2.31. The largest absolute Gasteiger partial charge is 0.356 e. The van der Waals surface area contributed by atoms with E-state index in [9.17, 15) is 4.39 Å². The normalized spacial score (nSPS) is 10.8. The number of benzene rings is 1. The number of hydrogen-bond donors (Lipinski definition) is 1. The van der Waals surface area contributed by atoms with Crippen molar-refractivity contribution < 1.29 is 8.91 Å². The smallest absolute Gasteiger partial charge is 0.172 e. The fourth-order valence-corrected chi connectivity index (χ4v) is 2.07. The van der Waals surface area contributed by atoms with Crippen LogP contribution < -0.4 is 5.32 Å². The summed E-state index contributed by atoms with van der Waals surface area (Å²) in [7, 11) is 0. The Morgan fingerprint density at radius 1 is 1.47 bits per heavy atom. The van der Waals surface area contributed by atoms with Crippen molar-refractivity contribution in [3.63, 3.8) is 0 Å². The van der Waals surface area contributed by atoms with Gasteiger partial charge >= 0.3 is 0 Å². The van der Waals surface area contributed by atoms with Crippen LogP contribution in [0.2, 0.25) is 0 Å². The summed E-state index contributed by atoms with van der Waals surface area (Å²) >= 11 is 3.32. The van der Waals surface area contributed by atoms with E-state index in [1.54, 1.807) is 12.3 Å². The molecular formula is C12H12BrFN2O. The molecule has 0 atom stereocenters. The van der Waals surface area contributed by atoms with Gasteiger partial charge in [0.2, 0.25) is 0 Å².